The molecule has 9 nitrogen and oxygen atoms in total. The van der Waals surface area contributed by atoms with E-state index < -0.39 is 23.5 Å². The van der Waals surface area contributed by atoms with E-state index in [0.717, 1.165) is 12.3 Å². The van der Waals surface area contributed by atoms with E-state index in [-0.39, 0.29) is 22.6 Å². The summed E-state index contributed by atoms with van der Waals surface area (Å²) in [5, 5.41) is 13.7. The molecule has 12 heteroatoms. The molecule has 0 spiro atoms. The highest BCUT2D eigenvalue weighted by atomic mass is 19.4. The summed E-state index contributed by atoms with van der Waals surface area (Å²) in [7, 11) is 0. The molecule has 0 bridgehead atoms. The molecule has 4 aromatic rings. The van der Waals surface area contributed by atoms with Gasteiger partial charge in [0.2, 0.25) is 0 Å². The van der Waals surface area contributed by atoms with Crippen LogP contribution in [-0.2, 0) is 12.6 Å². The van der Waals surface area contributed by atoms with E-state index in [1.54, 1.807) is 25.4 Å². The molecule has 0 amide bonds. The number of rotatable bonds is 5. The van der Waals surface area contributed by atoms with E-state index in [1.165, 1.54) is 10.7 Å². The van der Waals surface area contributed by atoms with Gasteiger partial charge in [0.25, 0.3) is 5.56 Å². The lowest BCUT2D eigenvalue weighted by molar-refractivity contribution is -0.141. The Hall–Kier alpha value is -4.14. The minimum absolute atomic E-state index is 0.0107. The molecule has 0 saturated heterocycles. The molecule has 0 aliphatic heterocycles. The van der Waals surface area contributed by atoms with E-state index in [2.05, 4.69) is 30.0 Å². The van der Waals surface area contributed by atoms with Crippen molar-refractivity contribution in [2.75, 3.05) is 0 Å². The Morgan fingerprint density at radius 3 is 2.52 bits per heavy atom. The van der Waals surface area contributed by atoms with Crippen molar-refractivity contribution < 1.29 is 13.2 Å². The van der Waals surface area contributed by atoms with Gasteiger partial charge in [0, 0.05) is 30.9 Å². The first-order valence-corrected chi connectivity index (χ1v) is 9.90. The Morgan fingerprint density at radius 1 is 1.18 bits per heavy atom. The third-order valence-electron chi connectivity index (χ3n) is 5.17. The van der Waals surface area contributed by atoms with Crippen LogP contribution >= 0.6 is 0 Å². The van der Waals surface area contributed by atoms with Gasteiger partial charge in [-0.3, -0.25) is 9.78 Å². The fourth-order valence-corrected chi connectivity index (χ4v) is 3.44. The normalized spacial score (nSPS) is 13.6. The van der Waals surface area contributed by atoms with Crippen LogP contribution in [0.1, 0.15) is 54.4 Å². The summed E-state index contributed by atoms with van der Waals surface area (Å²) in [6.45, 7) is 3.55. The Balaban J connectivity index is 1.75. The number of nitriles is 1. The molecule has 2 atom stereocenters. The van der Waals surface area contributed by atoms with Gasteiger partial charge in [-0.2, -0.15) is 23.5 Å². The minimum Gasteiger partial charge on any atom is -0.310 e. The maximum Gasteiger partial charge on any atom is 0.433 e. The average molecular weight is 454 g/mol. The van der Waals surface area contributed by atoms with Crippen LogP contribution in [0.25, 0.3) is 11.0 Å². The van der Waals surface area contributed by atoms with Crippen LogP contribution in [-0.4, -0.2) is 34.7 Å². The third kappa shape index (κ3) is 4.30. The van der Waals surface area contributed by atoms with Crippen LogP contribution in [0.4, 0.5) is 13.2 Å². The van der Waals surface area contributed by atoms with Gasteiger partial charge in [0.05, 0.1) is 6.04 Å². The summed E-state index contributed by atoms with van der Waals surface area (Å²) in [4.78, 5) is 31.8. The van der Waals surface area contributed by atoms with Gasteiger partial charge in [-0.05, 0) is 24.6 Å². The maximum absolute atomic E-state index is 12.8. The summed E-state index contributed by atoms with van der Waals surface area (Å²) in [6.07, 6.45) is 0.0873. The molecule has 0 aliphatic rings. The first kappa shape index (κ1) is 22.1. The number of aromatic amines is 1. The SMILES string of the molecule is CC(Cc1nc2c(c(C#N)nn2C(C)c2ccc(C(F)(F)F)nc2)c(=O)[nH]1)c1ncccn1. The van der Waals surface area contributed by atoms with E-state index in [1.807, 2.05) is 13.0 Å². The molecular weight excluding hydrogens is 437 g/mol. The maximum atomic E-state index is 12.8. The largest absolute Gasteiger partial charge is 0.433 e. The van der Waals surface area contributed by atoms with Crippen molar-refractivity contribution in [2.24, 2.45) is 0 Å². The summed E-state index contributed by atoms with van der Waals surface area (Å²) in [5.41, 5.74) is -1.12. The molecule has 1 N–H and O–H groups in total. The highest BCUT2D eigenvalue weighted by molar-refractivity contribution is 5.80. The number of aromatic nitrogens is 7. The molecule has 0 fully saturated rings. The molecule has 2 unspecified atom stereocenters. The van der Waals surface area contributed by atoms with Crippen molar-refractivity contribution in [3.05, 3.63) is 75.7 Å². The molecular formula is C21H17F3N8O. The van der Waals surface area contributed by atoms with Gasteiger partial charge >= 0.3 is 6.18 Å². The van der Waals surface area contributed by atoms with Crippen LogP contribution in [0.3, 0.4) is 0 Å². The number of hydrogen-bond acceptors (Lipinski definition) is 7. The summed E-state index contributed by atoms with van der Waals surface area (Å²) in [5.74, 6) is 0.765. The molecule has 4 heterocycles. The van der Waals surface area contributed by atoms with Crippen LogP contribution < -0.4 is 5.56 Å². The topological polar surface area (TPSA) is 126 Å². The predicted molar refractivity (Wildman–Crippen MR) is 110 cm³/mol. The fraction of sp³-hybridized carbons (Fsp3) is 0.286. The number of nitrogens with zero attached hydrogens (tertiary/aromatic N) is 7. The number of H-pyrrole nitrogens is 1. The van der Waals surface area contributed by atoms with Gasteiger partial charge in [0.15, 0.2) is 11.3 Å². The third-order valence-corrected chi connectivity index (χ3v) is 5.17. The number of fused-ring (bicyclic) bond motifs is 1. The first-order valence-electron chi connectivity index (χ1n) is 9.90. The van der Waals surface area contributed by atoms with Crippen LogP contribution in [0.15, 0.2) is 41.6 Å². The Morgan fingerprint density at radius 2 is 1.91 bits per heavy atom. The van der Waals surface area contributed by atoms with Crippen LogP contribution in [0, 0.1) is 11.3 Å². The zero-order valence-corrected chi connectivity index (χ0v) is 17.5. The van der Waals surface area contributed by atoms with Crippen LogP contribution in [0.5, 0.6) is 0 Å². The zero-order valence-electron chi connectivity index (χ0n) is 17.5. The van der Waals surface area contributed by atoms with Crippen molar-refractivity contribution in [1.29, 1.82) is 5.26 Å². The van der Waals surface area contributed by atoms with Gasteiger partial charge in [-0.1, -0.05) is 13.0 Å². The van der Waals surface area contributed by atoms with Crippen molar-refractivity contribution in [3.8, 4) is 6.07 Å². The Bertz CT molecular complexity index is 1390. The molecule has 33 heavy (non-hydrogen) atoms. The Labute approximate surface area is 185 Å². The van der Waals surface area contributed by atoms with E-state index in [9.17, 15) is 23.2 Å². The van der Waals surface area contributed by atoms with Crippen LogP contribution in [0.2, 0.25) is 0 Å². The summed E-state index contributed by atoms with van der Waals surface area (Å²) >= 11 is 0. The van der Waals surface area contributed by atoms with E-state index in [4.69, 9.17) is 0 Å². The number of nitrogens with one attached hydrogen (secondary N) is 1. The number of alkyl halides is 3. The van der Waals surface area contributed by atoms with Crippen molar-refractivity contribution >= 4 is 11.0 Å². The second-order valence-corrected chi connectivity index (χ2v) is 7.48. The molecule has 0 aliphatic carbocycles. The molecule has 4 rings (SSSR count). The Kier molecular flexibility index (Phi) is 5.63. The van der Waals surface area contributed by atoms with Gasteiger partial charge < -0.3 is 4.98 Å². The number of hydrogen-bond donors (Lipinski definition) is 1. The van der Waals surface area contributed by atoms with E-state index >= 15 is 0 Å². The summed E-state index contributed by atoms with van der Waals surface area (Å²) in [6, 6.07) is 5.09. The lowest BCUT2D eigenvalue weighted by Crippen LogP contribution is -2.17. The predicted octanol–water partition coefficient (Wildman–Crippen LogP) is 3.15. The van der Waals surface area contributed by atoms with Gasteiger partial charge in [-0.25, -0.2) is 19.6 Å². The standard InChI is InChI=1S/C21H17F3N8O/c1-11(18-26-6-3-7-27-18)8-16-29-19-17(20(33)30-16)14(9-25)31-32(19)12(2)13-4-5-15(28-10-13)21(22,23)24/h3-7,10-12H,8H2,1-2H3,(H,29,30,33). The molecule has 4 aromatic heterocycles. The highest BCUT2D eigenvalue weighted by Crippen LogP contribution is 2.29. The molecule has 0 aromatic carbocycles. The summed E-state index contributed by atoms with van der Waals surface area (Å²) < 4.78 is 39.9. The number of halogens is 3. The van der Waals surface area contributed by atoms with E-state index in [0.29, 0.717) is 23.6 Å². The molecule has 0 radical (unpaired) electrons. The lowest BCUT2D eigenvalue weighted by Gasteiger charge is -2.15. The van der Waals surface area contributed by atoms with Crippen molar-refractivity contribution in [2.45, 2.75) is 38.4 Å². The quantitative estimate of drug-likeness (QED) is 0.491. The lowest BCUT2D eigenvalue weighted by atomic mass is 10.1. The number of pyridine rings is 1. The zero-order chi connectivity index (χ0) is 23.8. The molecule has 168 valence electrons. The van der Waals surface area contributed by atoms with Crippen molar-refractivity contribution in [1.82, 2.24) is 34.7 Å². The second-order valence-electron chi connectivity index (χ2n) is 7.48. The monoisotopic (exact) mass is 454 g/mol. The first-order chi connectivity index (χ1) is 15.7. The highest BCUT2D eigenvalue weighted by Gasteiger charge is 2.32. The average Bonchev–Trinajstić information content (AvgIpc) is 3.18. The van der Waals surface area contributed by atoms with Crippen molar-refractivity contribution in [3.63, 3.8) is 0 Å². The molecule has 0 saturated carbocycles. The van der Waals surface area contributed by atoms with Gasteiger partial charge in [0.1, 0.15) is 28.8 Å². The smallest absolute Gasteiger partial charge is 0.310 e. The minimum atomic E-state index is -4.56. The van der Waals surface area contributed by atoms with Gasteiger partial charge in [-0.15, -0.1) is 0 Å². The second kappa shape index (κ2) is 8.42. The fourth-order valence-electron chi connectivity index (χ4n) is 3.44.